The second-order valence-electron chi connectivity index (χ2n) is 6.87. The zero-order chi connectivity index (χ0) is 19.3. The van der Waals surface area contributed by atoms with Crippen LogP contribution in [-0.4, -0.2) is 19.7 Å². The zero-order valence-electron chi connectivity index (χ0n) is 15.5. The number of thioether (sulfide) groups is 1. The maximum atomic E-state index is 12.9. The Bertz CT molecular complexity index is 1230. The van der Waals surface area contributed by atoms with Gasteiger partial charge in [0.1, 0.15) is 4.83 Å². The molecule has 1 aliphatic carbocycles. The van der Waals surface area contributed by atoms with E-state index < -0.39 is 0 Å². The minimum Gasteiger partial charge on any atom is -0.419 e. The summed E-state index contributed by atoms with van der Waals surface area (Å²) in [5.41, 5.74) is 2.13. The molecule has 0 saturated heterocycles. The normalized spacial score (nSPS) is 14.5. The molecule has 0 spiro atoms. The minimum atomic E-state index is -0.118. The van der Waals surface area contributed by atoms with E-state index in [0.29, 0.717) is 16.9 Å². The van der Waals surface area contributed by atoms with Gasteiger partial charge in [0.25, 0.3) is 5.56 Å². The summed E-state index contributed by atoms with van der Waals surface area (Å²) >= 11 is 3.12. The predicted octanol–water partition coefficient (Wildman–Crippen LogP) is 4.39. The van der Waals surface area contributed by atoms with E-state index in [9.17, 15) is 4.79 Å². The third-order valence-electron chi connectivity index (χ3n) is 5.00. The van der Waals surface area contributed by atoms with Crippen molar-refractivity contribution < 1.29 is 4.42 Å². The van der Waals surface area contributed by atoms with Gasteiger partial charge in [0, 0.05) is 17.5 Å². The maximum Gasteiger partial charge on any atom is 0.262 e. The van der Waals surface area contributed by atoms with E-state index in [1.54, 1.807) is 23.0 Å². The number of benzene rings is 1. The Labute approximate surface area is 169 Å². The molecule has 0 radical (unpaired) electrons. The molecule has 4 aromatic rings. The Hall–Kier alpha value is -2.45. The number of hydrogen-bond acceptors (Lipinski definition) is 7. The molecule has 0 unspecified atom stereocenters. The molecule has 0 saturated carbocycles. The lowest BCUT2D eigenvalue weighted by Crippen LogP contribution is -2.20. The number of thiophene rings is 1. The standard InChI is InChI=1S/C20H18N4O2S2/c1-11(16-22-23-17(26-16)12-7-4-3-5-8-12)27-20-21-18-15(19(25)24(20)2)13-9-6-10-14(13)28-18/h3-5,7-8,11H,6,9-10H2,1-2H3/t11-/m1/s1. The molecule has 3 aromatic heterocycles. The summed E-state index contributed by atoms with van der Waals surface area (Å²) in [6.07, 6.45) is 3.18. The lowest BCUT2D eigenvalue weighted by atomic mass is 10.2. The van der Waals surface area contributed by atoms with Crippen molar-refractivity contribution in [1.29, 1.82) is 0 Å². The van der Waals surface area contributed by atoms with Crippen molar-refractivity contribution in [3.05, 3.63) is 57.0 Å². The van der Waals surface area contributed by atoms with Crippen molar-refractivity contribution >= 4 is 33.3 Å². The Morgan fingerprint density at radius 3 is 2.86 bits per heavy atom. The average molecular weight is 411 g/mol. The first-order chi connectivity index (χ1) is 13.6. The van der Waals surface area contributed by atoms with Crippen molar-refractivity contribution in [1.82, 2.24) is 19.7 Å². The summed E-state index contributed by atoms with van der Waals surface area (Å²) in [6.45, 7) is 1.98. The SMILES string of the molecule is C[C@@H](Sc1nc2sc3c(c2c(=O)n1C)CCC3)c1nnc(-c2ccccc2)o1. The van der Waals surface area contributed by atoms with Gasteiger partial charge in [0.05, 0.1) is 10.6 Å². The van der Waals surface area contributed by atoms with E-state index in [0.717, 1.165) is 35.0 Å². The number of aryl methyl sites for hydroxylation is 2. The number of hydrogen-bond donors (Lipinski definition) is 0. The summed E-state index contributed by atoms with van der Waals surface area (Å²) in [5, 5.41) is 9.71. The van der Waals surface area contributed by atoms with Gasteiger partial charge in [-0.25, -0.2) is 4.98 Å². The average Bonchev–Trinajstić information content (AvgIpc) is 3.42. The van der Waals surface area contributed by atoms with Gasteiger partial charge in [-0.3, -0.25) is 9.36 Å². The second kappa shape index (κ2) is 6.86. The Morgan fingerprint density at radius 2 is 2.04 bits per heavy atom. The van der Waals surface area contributed by atoms with Gasteiger partial charge in [0.15, 0.2) is 5.16 Å². The third kappa shape index (κ3) is 2.87. The van der Waals surface area contributed by atoms with Crippen LogP contribution in [0.3, 0.4) is 0 Å². The molecule has 0 aliphatic heterocycles. The van der Waals surface area contributed by atoms with Gasteiger partial charge in [-0.05, 0) is 43.9 Å². The zero-order valence-corrected chi connectivity index (χ0v) is 17.1. The van der Waals surface area contributed by atoms with Crippen molar-refractivity contribution in [2.75, 3.05) is 0 Å². The molecule has 3 heterocycles. The largest absolute Gasteiger partial charge is 0.419 e. The molecule has 0 amide bonds. The van der Waals surface area contributed by atoms with Gasteiger partial charge in [-0.15, -0.1) is 21.5 Å². The lowest BCUT2D eigenvalue weighted by molar-refractivity contribution is 0.508. The quantitative estimate of drug-likeness (QED) is 0.367. The molecule has 28 heavy (non-hydrogen) atoms. The summed E-state index contributed by atoms with van der Waals surface area (Å²) in [6, 6.07) is 9.69. The van der Waals surface area contributed by atoms with Crippen LogP contribution in [0.25, 0.3) is 21.7 Å². The summed E-state index contributed by atoms with van der Waals surface area (Å²) in [7, 11) is 1.78. The molecule has 6 nitrogen and oxygen atoms in total. The first-order valence-electron chi connectivity index (χ1n) is 9.18. The van der Waals surface area contributed by atoms with Gasteiger partial charge in [-0.2, -0.15) is 0 Å². The molecule has 0 N–H and O–H groups in total. The second-order valence-corrected chi connectivity index (χ2v) is 9.26. The Morgan fingerprint density at radius 1 is 1.21 bits per heavy atom. The van der Waals surface area contributed by atoms with Crippen LogP contribution in [0, 0.1) is 0 Å². The smallest absolute Gasteiger partial charge is 0.262 e. The molecular weight excluding hydrogens is 392 g/mol. The molecular formula is C20H18N4O2S2. The molecule has 1 atom stereocenters. The van der Waals surface area contributed by atoms with Crippen molar-refractivity contribution in [2.24, 2.45) is 7.05 Å². The molecule has 1 aliphatic rings. The van der Waals surface area contributed by atoms with E-state index in [1.165, 1.54) is 22.2 Å². The number of aromatic nitrogens is 4. The topological polar surface area (TPSA) is 73.8 Å². The Balaban J connectivity index is 1.46. The molecule has 1 aromatic carbocycles. The molecule has 8 heteroatoms. The molecule has 5 rings (SSSR count). The first kappa shape index (κ1) is 17.6. The van der Waals surface area contributed by atoms with Crippen LogP contribution in [0.2, 0.25) is 0 Å². The number of fused-ring (bicyclic) bond motifs is 3. The van der Waals surface area contributed by atoms with Crippen molar-refractivity contribution in [3.8, 4) is 11.5 Å². The van der Waals surface area contributed by atoms with Crippen molar-refractivity contribution in [2.45, 2.75) is 36.6 Å². The van der Waals surface area contributed by atoms with Crippen LogP contribution in [0.4, 0.5) is 0 Å². The van der Waals surface area contributed by atoms with E-state index in [1.807, 2.05) is 37.3 Å². The highest BCUT2D eigenvalue weighted by Gasteiger charge is 2.24. The van der Waals surface area contributed by atoms with Gasteiger partial charge in [0.2, 0.25) is 11.8 Å². The van der Waals surface area contributed by atoms with E-state index in [2.05, 4.69) is 10.2 Å². The fraction of sp³-hybridized carbons (Fsp3) is 0.300. The molecule has 0 fully saturated rings. The molecule has 0 bridgehead atoms. The van der Waals surface area contributed by atoms with Gasteiger partial charge in [-0.1, -0.05) is 30.0 Å². The predicted molar refractivity (Wildman–Crippen MR) is 111 cm³/mol. The van der Waals surface area contributed by atoms with Crippen LogP contribution >= 0.6 is 23.1 Å². The Kier molecular flexibility index (Phi) is 4.32. The van der Waals surface area contributed by atoms with Crippen LogP contribution in [0.1, 0.15) is 34.9 Å². The maximum absolute atomic E-state index is 12.9. The van der Waals surface area contributed by atoms with Crippen LogP contribution in [0.5, 0.6) is 0 Å². The minimum absolute atomic E-state index is 0.0367. The highest BCUT2D eigenvalue weighted by atomic mass is 32.2. The summed E-state index contributed by atoms with van der Waals surface area (Å²) in [4.78, 5) is 19.9. The summed E-state index contributed by atoms with van der Waals surface area (Å²) < 4.78 is 7.50. The highest BCUT2D eigenvalue weighted by molar-refractivity contribution is 7.99. The lowest BCUT2D eigenvalue weighted by Gasteiger charge is -2.10. The van der Waals surface area contributed by atoms with Gasteiger partial charge >= 0.3 is 0 Å². The monoisotopic (exact) mass is 410 g/mol. The van der Waals surface area contributed by atoms with E-state index in [4.69, 9.17) is 9.40 Å². The van der Waals surface area contributed by atoms with Gasteiger partial charge < -0.3 is 4.42 Å². The number of nitrogens with zero attached hydrogens (tertiary/aromatic N) is 4. The fourth-order valence-corrected chi connectivity index (χ4v) is 5.72. The van der Waals surface area contributed by atoms with Crippen molar-refractivity contribution in [3.63, 3.8) is 0 Å². The summed E-state index contributed by atoms with van der Waals surface area (Å²) in [5.74, 6) is 1.02. The van der Waals surface area contributed by atoms with Crippen LogP contribution in [0.15, 0.2) is 44.7 Å². The first-order valence-corrected chi connectivity index (χ1v) is 10.9. The fourth-order valence-electron chi connectivity index (χ4n) is 3.52. The van der Waals surface area contributed by atoms with E-state index >= 15 is 0 Å². The number of rotatable bonds is 4. The molecule has 142 valence electrons. The third-order valence-corrected chi connectivity index (χ3v) is 7.31. The van der Waals surface area contributed by atoms with E-state index in [-0.39, 0.29) is 10.8 Å². The van der Waals surface area contributed by atoms with Crippen LogP contribution < -0.4 is 5.56 Å². The highest BCUT2D eigenvalue weighted by Crippen LogP contribution is 2.38. The van der Waals surface area contributed by atoms with Crippen LogP contribution in [-0.2, 0) is 19.9 Å².